The molecule has 47 heavy (non-hydrogen) atoms. The molecule has 5 N–H and O–H groups in total. The topological polar surface area (TPSA) is 138 Å². The third-order valence-corrected chi connectivity index (χ3v) is 11.8. The first kappa shape index (κ1) is 36.1. The summed E-state index contributed by atoms with van der Waals surface area (Å²) in [5.74, 6) is 0.208. The van der Waals surface area contributed by atoms with Crippen LogP contribution in [-0.4, -0.2) is 73.1 Å². The molecule has 5 unspecified atom stereocenters. The van der Waals surface area contributed by atoms with E-state index in [1.165, 1.54) is 19.3 Å². The zero-order valence-corrected chi connectivity index (χ0v) is 29.0. The van der Waals surface area contributed by atoms with Gasteiger partial charge in [0.1, 0.15) is 18.1 Å². The highest BCUT2D eigenvalue weighted by molar-refractivity contribution is 5.94. The Kier molecular flexibility index (Phi) is 14.2. The minimum atomic E-state index is -0.754. The molecule has 266 valence electrons. The summed E-state index contributed by atoms with van der Waals surface area (Å²) in [5.41, 5.74) is 0. The summed E-state index contributed by atoms with van der Waals surface area (Å²) in [6.45, 7) is 3.31. The fraction of sp³-hybridized carbons (Fsp3) is 0.892. The molecular formula is C37H63N5O5. The average molecular weight is 658 g/mol. The van der Waals surface area contributed by atoms with Gasteiger partial charge in [-0.2, -0.15) is 0 Å². The molecule has 0 spiro atoms. The van der Waals surface area contributed by atoms with Crippen molar-refractivity contribution in [1.29, 1.82) is 0 Å². The van der Waals surface area contributed by atoms with Crippen LogP contribution in [0.3, 0.4) is 0 Å². The van der Waals surface area contributed by atoms with Crippen LogP contribution in [0.25, 0.3) is 0 Å². The lowest BCUT2D eigenvalue weighted by Gasteiger charge is -2.37. The van der Waals surface area contributed by atoms with Gasteiger partial charge in [0.2, 0.25) is 23.6 Å². The molecule has 4 amide bonds. The summed E-state index contributed by atoms with van der Waals surface area (Å²) >= 11 is 0. The fourth-order valence-electron chi connectivity index (χ4n) is 8.99. The Hall–Kier alpha value is -2.20. The molecule has 0 aromatic carbocycles. The monoisotopic (exact) mass is 657 g/mol. The molecule has 0 aromatic rings. The average Bonchev–Trinajstić information content (AvgIpc) is 3.09. The van der Waals surface area contributed by atoms with Crippen molar-refractivity contribution in [2.75, 3.05) is 13.1 Å². The van der Waals surface area contributed by atoms with Gasteiger partial charge in [-0.1, -0.05) is 71.1 Å². The van der Waals surface area contributed by atoms with Gasteiger partial charge in [-0.25, -0.2) is 0 Å². The normalized spacial score (nSPS) is 34.8. The Labute approximate surface area is 282 Å². The summed E-state index contributed by atoms with van der Waals surface area (Å²) < 4.78 is 6.72. The van der Waals surface area contributed by atoms with Crippen molar-refractivity contribution in [1.82, 2.24) is 26.6 Å². The second kappa shape index (κ2) is 18.5. The zero-order valence-electron chi connectivity index (χ0n) is 29.0. The molecule has 0 aromatic heterocycles. The molecule has 3 saturated carbocycles. The van der Waals surface area contributed by atoms with Gasteiger partial charge in [-0.05, 0) is 88.5 Å². The van der Waals surface area contributed by atoms with E-state index in [0.29, 0.717) is 38.1 Å². The van der Waals surface area contributed by atoms with E-state index in [-0.39, 0.29) is 53.7 Å². The maximum absolute atomic E-state index is 14.1. The highest BCUT2D eigenvalue weighted by Gasteiger charge is 2.36. The lowest BCUT2D eigenvalue weighted by Crippen LogP contribution is -2.58. The standard InChI is InChI=1S/C37H63N5O5/c1-2-34(43)40-33-23-27-13-9-16-30(21-27)47-29-15-8-12-26(20-29)22-32(35(44)39-24-28-14-6-7-19-38-28)42-36(45)31(41-37(33)46)18-17-25-10-4-3-5-11-25/h25-33,38H,2-24H2,1H3,(H,39,44)(H,40,43)(H,41,46)(H,42,45)/t26?,27?,28?,29?,30?,31-,32-,33-/m0/s1. The Morgan fingerprint density at radius 1 is 0.745 bits per heavy atom. The van der Waals surface area contributed by atoms with E-state index < -0.39 is 18.1 Å². The molecule has 4 bridgehead atoms. The van der Waals surface area contributed by atoms with Crippen molar-refractivity contribution < 1.29 is 23.9 Å². The van der Waals surface area contributed by atoms with Crippen LogP contribution in [0.2, 0.25) is 0 Å². The Morgan fingerprint density at radius 2 is 1.45 bits per heavy atom. The summed E-state index contributed by atoms with van der Waals surface area (Å²) in [5, 5.41) is 15.9. The minimum Gasteiger partial charge on any atom is -0.375 e. The molecule has 10 heteroatoms. The number of piperidine rings is 1. The van der Waals surface area contributed by atoms with Gasteiger partial charge in [0.15, 0.2) is 0 Å². The number of carbonyl (C=O) groups is 4. The van der Waals surface area contributed by atoms with E-state index in [1.807, 2.05) is 0 Å². The van der Waals surface area contributed by atoms with E-state index in [2.05, 4.69) is 26.6 Å². The van der Waals surface area contributed by atoms with Crippen molar-refractivity contribution in [3.8, 4) is 0 Å². The molecule has 0 radical (unpaired) electrons. The molecule has 2 heterocycles. The molecule has 8 atom stereocenters. The maximum atomic E-state index is 14.1. The second-order valence-corrected chi connectivity index (χ2v) is 15.5. The van der Waals surface area contributed by atoms with E-state index in [0.717, 1.165) is 96.4 Å². The summed E-state index contributed by atoms with van der Waals surface area (Å²) in [7, 11) is 0. The van der Waals surface area contributed by atoms with E-state index in [9.17, 15) is 19.2 Å². The number of nitrogens with one attached hydrogen (secondary N) is 5. The van der Waals surface area contributed by atoms with Gasteiger partial charge >= 0.3 is 0 Å². The van der Waals surface area contributed by atoms with Crippen molar-refractivity contribution >= 4 is 23.6 Å². The molecule has 3 aliphatic carbocycles. The minimum absolute atomic E-state index is 0.143. The number of rotatable bonds is 8. The van der Waals surface area contributed by atoms with Crippen molar-refractivity contribution in [3.63, 3.8) is 0 Å². The van der Waals surface area contributed by atoms with Gasteiger partial charge in [0.05, 0.1) is 12.2 Å². The van der Waals surface area contributed by atoms with Crippen LogP contribution in [-0.2, 0) is 23.9 Å². The summed E-state index contributed by atoms with van der Waals surface area (Å²) in [6.07, 6.45) is 20.4. The number of fused-ring (bicyclic) bond motifs is 4. The van der Waals surface area contributed by atoms with Gasteiger partial charge in [-0.3, -0.25) is 19.2 Å². The predicted molar refractivity (Wildman–Crippen MR) is 182 cm³/mol. The van der Waals surface area contributed by atoms with Crippen molar-refractivity contribution in [2.24, 2.45) is 17.8 Å². The van der Waals surface area contributed by atoms with Gasteiger partial charge in [-0.15, -0.1) is 0 Å². The van der Waals surface area contributed by atoms with Crippen LogP contribution >= 0.6 is 0 Å². The number of ether oxygens (including phenoxy) is 1. The van der Waals surface area contributed by atoms with E-state index in [1.54, 1.807) is 6.92 Å². The second-order valence-electron chi connectivity index (χ2n) is 15.5. The van der Waals surface area contributed by atoms with E-state index in [4.69, 9.17) is 4.74 Å². The Bertz CT molecular complexity index is 1030. The summed E-state index contributed by atoms with van der Waals surface area (Å²) in [6, 6.07) is -1.88. The SMILES string of the molecule is CCC(=O)N[C@H]1CC2CCCC(C2)OC2CCCC(C2)C[C@@H](C(=O)NCC2CCCCN2)NC(=O)[C@H](CCC2CCCCC2)NC1=O. The first-order valence-corrected chi connectivity index (χ1v) is 19.4. The van der Waals surface area contributed by atoms with Gasteiger partial charge in [0.25, 0.3) is 0 Å². The van der Waals surface area contributed by atoms with Crippen molar-refractivity contribution in [3.05, 3.63) is 0 Å². The van der Waals surface area contributed by atoms with Crippen LogP contribution in [0.5, 0.6) is 0 Å². The largest absolute Gasteiger partial charge is 0.375 e. The van der Waals surface area contributed by atoms with Gasteiger partial charge in [0, 0.05) is 19.0 Å². The van der Waals surface area contributed by atoms with E-state index >= 15 is 0 Å². The van der Waals surface area contributed by atoms with Crippen LogP contribution < -0.4 is 26.6 Å². The highest BCUT2D eigenvalue weighted by atomic mass is 16.5. The quantitative estimate of drug-likeness (QED) is 0.263. The molecule has 5 aliphatic rings. The van der Waals surface area contributed by atoms with Gasteiger partial charge < -0.3 is 31.3 Å². The van der Waals surface area contributed by atoms with Crippen LogP contribution in [0.1, 0.15) is 142 Å². The molecule has 2 aliphatic heterocycles. The fourth-order valence-corrected chi connectivity index (χ4v) is 8.99. The molecule has 5 rings (SSSR count). The third kappa shape index (κ3) is 11.4. The Balaban J connectivity index is 1.37. The number of hydrogen-bond donors (Lipinski definition) is 5. The smallest absolute Gasteiger partial charge is 0.243 e. The van der Waals surface area contributed by atoms with Crippen LogP contribution in [0.15, 0.2) is 0 Å². The molecule has 2 saturated heterocycles. The van der Waals surface area contributed by atoms with Crippen LogP contribution in [0.4, 0.5) is 0 Å². The first-order chi connectivity index (χ1) is 22.9. The lowest BCUT2D eigenvalue weighted by molar-refractivity contribution is -0.135. The van der Waals surface area contributed by atoms with Crippen molar-refractivity contribution in [2.45, 2.75) is 178 Å². The predicted octanol–water partition coefficient (Wildman–Crippen LogP) is 4.40. The highest BCUT2D eigenvalue weighted by Crippen LogP contribution is 2.35. The molecular weight excluding hydrogens is 594 g/mol. The lowest BCUT2D eigenvalue weighted by atomic mass is 9.81. The number of hydrogen-bond acceptors (Lipinski definition) is 6. The third-order valence-electron chi connectivity index (χ3n) is 11.8. The summed E-state index contributed by atoms with van der Waals surface area (Å²) in [4.78, 5) is 54.5. The Morgan fingerprint density at radius 3 is 2.13 bits per heavy atom. The molecule has 10 nitrogen and oxygen atoms in total. The molecule has 5 fully saturated rings. The van der Waals surface area contributed by atoms with Crippen LogP contribution in [0, 0.1) is 17.8 Å². The number of carbonyl (C=O) groups excluding carboxylic acids is 4. The zero-order chi connectivity index (χ0) is 33.0. The maximum Gasteiger partial charge on any atom is 0.243 e. The first-order valence-electron chi connectivity index (χ1n) is 19.4. The number of amides is 4.